The highest BCUT2D eigenvalue weighted by Crippen LogP contribution is 2.26. The van der Waals surface area contributed by atoms with E-state index in [-0.39, 0.29) is 18.4 Å². The number of carbonyl (C=O) groups excluding carboxylic acids is 1. The molecule has 3 heterocycles. The molecule has 19 heavy (non-hydrogen) atoms. The maximum atomic E-state index is 11.9. The number of piperidine rings is 1. The Balaban J connectivity index is 1.49. The average molecular weight is 264 g/mol. The van der Waals surface area contributed by atoms with Crippen molar-refractivity contribution < 1.29 is 4.79 Å². The summed E-state index contributed by atoms with van der Waals surface area (Å²) < 4.78 is 1.47. The quantitative estimate of drug-likeness (QED) is 0.775. The van der Waals surface area contributed by atoms with E-state index in [1.807, 2.05) is 0 Å². The van der Waals surface area contributed by atoms with Crippen LogP contribution in [-0.4, -0.2) is 50.7 Å². The Bertz CT molecular complexity index is 459. The maximum Gasteiger partial charge on any atom is 0.242 e. The van der Waals surface area contributed by atoms with E-state index in [1.165, 1.54) is 30.4 Å². The fraction of sp³-hybridized carbons (Fsp3) is 0.750. The van der Waals surface area contributed by atoms with Crippen LogP contribution in [0.25, 0.3) is 0 Å². The lowest BCUT2D eigenvalue weighted by Gasteiger charge is -2.35. The van der Waals surface area contributed by atoms with Crippen LogP contribution in [0.4, 0.5) is 5.95 Å². The summed E-state index contributed by atoms with van der Waals surface area (Å²) in [5, 5.41) is 7.01. The van der Waals surface area contributed by atoms with E-state index in [1.54, 1.807) is 0 Å². The van der Waals surface area contributed by atoms with Crippen LogP contribution < -0.4 is 11.1 Å². The standard InChI is InChI=1S/C12H20N6O/c13-12-14-8-18(16-12)7-11(19)15-9-3-5-17-4-1-2-10(17)6-9/h8-10H,1-7H2,(H2,13,16)(H,15,19). The lowest BCUT2D eigenvalue weighted by atomic mass is 9.97. The Morgan fingerprint density at radius 3 is 3.16 bits per heavy atom. The zero-order valence-corrected chi connectivity index (χ0v) is 11.0. The van der Waals surface area contributed by atoms with Gasteiger partial charge < -0.3 is 16.0 Å². The van der Waals surface area contributed by atoms with Gasteiger partial charge in [0.25, 0.3) is 0 Å². The summed E-state index contributed by atoms with van der Waals surface area (Å²) >= 11 is 0. The minimum atomic E-state index is -0.0126. The summed E-state index contributed by atoms with van der Waals surface area (Å²) in [5.74, 6) is 0.188. The number of amides is 1. The number of rotatable bonds is 3. The highest BCUT2D eigenvalue weighted by atomic mass is 16.2. The molecule has 2 atom stereocenters. The molecule has 1 aromatic rings. The van der Waals surface area contributed by atoms with Crippen LogP contribution in [0, 0.1) is 0 Å². The van der Waals surface area contributed by atoms with Gasteiger partial charge in [0.2, 0.25) is 11.9 Å². The molecule has 104 valence electrons. The van der Waals surface area contributed by atoms with Gasteiger partial charge in [-0.25, -0.2) is 9.67 Å². The molecule has 2 aliphatic heterocycles. The van der Waals surface area contributed by atoms with Crippen LogP contribution in [0.15, 0.2) is 6.33 Å². The van der Waals surface area contributed by atoms with Crippen molar-refractivity contribution in [3.8, 4) is 0 Å². The van der Waals surface area contributed by atoms with E-state index in [2.05, 4.69) is 20.3 Å². The minimum absolute atomic E-state index is 0.0126. The SMILES string of the molecule is Nc1ncn(CC(=O)NC2CCN3CCCC3C2)n1. The third kappa shape index (κ3) is 2.86. The molecule has 7 heteroatoms. The second kappa shape index (κ2) is 5.16. The second-order valence-corrected chi connectivity index (χ2v) is 5.42. The number of hydrogen-bond acceptors (Lipinski definition) is 5. The summed E-state index contributed by atoms with van der Waals surface area (Å²) in [6.07, 6.45) is 6.16. The van der Waals surface area contributed by atoms with Gasteiger partial charge in [-0.3, -0.25) is 4.79 Å². The zero-order valence-electron chi connectivity index (χ0n) is 11.0. The van der Waals surface area contributed by atoms with Gasteiger partial charge in [0.05, 0.1) is 0 Å². The number of nitrogens with one attached hydrogen (secondary N) is 1. The first-order chi connectivity index (χ1) is 9.20. The van der Waals surface area contributed by atoms with Crippen molar-refractivity contribution in [3.05, 3.63) is 6.33 Å². The van der Waals surface area contributed by atoms with Crippen molar-refractivity contribution in [1.82, 2.24) is 25.0 Å². The molecular weight excluding hydrogens is 244 g/mol. The first kappa shape index (κ1) is 12.4. The van der Waals surface area contributed by atoms with Crippen LogP contribution >= 0.6 is 0 Å². The van der Waals surface area contributed by atoms with Gasteiger partial charge in [0, 0.05) is 18.6 Å². The Kier molecular flexibility index (Phi) is 3.37. The van der Waals surface area contributed by atoms with Crippen molar-refractivity contribution in [1.29, 1.82) is 0 Å². The van der Waals surface area contributed by atoms with Crippen LogP contribution in [0.3, 0.4) is 0 Å². The van der Waals surface area contributed by atoms with E-state index in [0.717, 1.165) is 19.4 Å². The number of nitrogens with two attached hydrogens (primary N) is 1. The molecule has 1 amide bonds. The molecule has 0 saturated carbocycles. The Morgan fingerprint density at radius 1 is 1.47 bits per heavy atom. The van der Waals surface area contributed by atoms with Crippen LogP contribution in [0.5, 0.6) is 0 Å². The van der Waals surface area contributed by atoms with Crippen LogP contribution in [0.1, 0.15) is 25.7 Å². The molecule has 3 rings (SSSR count). The van der Waals surface area contributed by atoms with Gasteiger partial charge in [-0.2, -0.15) is 0 Å². The van der Waals surface area contributed by atoms with Crippen molar-refractivity contribution in [2.45, 2.75) is 44.3 Å². The Hall–Kier alpha value is -1.63. The Morgan fingerprint density at radius 2 is 2.37 bits per heavy atom. The number of anilines is 1. The fourth-order valence-corrected chi connectivity index (χ4v) is 3.16. The smallest absolute Gasteiger partial charge is 0.242 e. The number of fused-ring (bicyclic) bond motifs is 1. The summed E-state index contributed by atoms with van der Waals surface area (Å²) in [5.41, 5.74) is 5.42. The predicted molar refractivity (Wildman–Crippen MR) is 70.2 cm³/mol. The van der Waals surface area contributed by atoms with Gasteiger partial charge in [-0.15, -0.1) is 5.10 Å². The number of nitrogen functional groups attached to an aromatic ring is 1. The maximum absolute atomic E-state index is 11.9. The van der Waals surface area contributed by atoms with Gasteiger partial charge in [-0.05, 0) is 32.2 Å². The first-order valence-electron chi connectivity index (χ1n) is 6.89. The third-order valence-electron chi connectivity index (χ3n) is 4.05. The van der Waals surface area contributed by atoms with E-state index in [0.29, 0.717) is 12.1 Å². The minimum Gasteiger partial charge on any atom is -0.367 e. The van der Waals surface area contributed by atoms with Crippen molar-refractivity contribution in [2.24, 2.45) is 0 Å². The summed E-state index contributed by atoms with van der Waals surface area (Å²) in [6.45, 7) is 2.52. The number of nitrogens with zero attached hydrogens (tertiary/aromatic N) is 4. The highest BCUT2D eigenvalue weighted by molar-refractivity contribution is 5.75. The lowest BCUT2D eigenvalue weighted by Crippen LogP contribution is -2.48. The van der Waals surface area contributed by atoms with Gasteiger partial charge in [-0.1, -0.05) is 0 Å². The van der Waals surface area contributed by atoms with E-state index in [4.69, 9.17) is 5.73 Å². The molecule has 3 N–H and O–H groups in total. The fourth-order valence-electron chi connectivity index (χ4n) is 3.16. The summed E-state index contributed by atoms with van der Waals surface area (Å²) in [7, 11) is 0. The summed E-state index contributed by atoms with van der Waals surface area (Å²) in [6, 6.07) is 0.966. The third-order valence-corrected chi connectivity index (χ3v) is 4.05. The number of aromatic nitrogens is 3. The normalized spacial score (nSPS) is 27.2. The van der Waals surface area contributed by atoms with Crippen molar-refractivity contribution in [3.63, 3.8) is 0 Å². The largest absolute Gasteiger partial charge is 0.367 e. The molecule has 2 saturated heterocycles. The molecule has 0 aliphatic carbocycles. The zero-order chi connectivity index (χ0) is 13.2. The number of carbonyl (C=O) groups is 1. The molecule has 0 radical (unpaired) electrons. The van der Waals surface area contributed by atoms with Gasteiger partial charge in [0.15, 0.2) is 0 Å². The topological polar surface area (TPSA) is 89.1 Å². The first-order valence-corrected chi connectivity index (χ1v) is 6.89. The Labute approximate surface area is 112 Å². The molecule has 2 unspecified atom stereocenters. The average Bonchev–Trinajstić information content (AvgIpc) is 2.97. The summed E-state index contributed by atoms with van der Waals surface area (Å²) in [4.78, 5) is 18.3. The van der Waals surface area contributed by atoms with Crippen molar-refractivity contribution >= 4 is 11.9 Å². The van der Waals surface area contributed by atoms with Crippen LogP contribution in [0.2, 0.25) is 0 Å². The number of hydrogen-bond donors (Lipinski definition) is 2. The van der Waals surface area contributed by atoms with Gasteiger partial charge in [0.1, 0.15) is 12.9 Å². The van der Waals surface area contributed by atoms with Gasteiger partial charge >= 0.3 is 0 Å². The molecule has 0 bridgehead atoms. The molecule has 2 fully saturated rings. The second-order valence-electron chi connectivity index (χ2n) is 5.42. The van der Waals surface area contributed by atoms with E-state index in [9.17, 15) is 4.79 Å². The van der Waals surface area contributed by atoms with E-state index >= 15 is 0 Å². The van der Waals surface area contributed by atoms with Crippen molar-refractivity contribution in [2.75, 3.05) is 18.8 Å². The highest BCUT2D eigenvalue weighted by Gasteiger charge is 2.32. The molecule has 0 spiro atoms. The van der Waals surface area contributed by atoms with Crippen LogP contribution in [-0.2, 0) is 11.3 Å². The molecule has 7 nitrogen and oxygen atoms in total. The molecule has 1 aromatic heterocycles. The molecule has 0 aromatic carbocycles. The molecular formula is C12H20N6O. The lowest BCUT2D eigenvalue weighted by molar-refractivity contribution is -0.123. The molecule has 2 aliphatic rings. The predicted octanol–water partition coefficient (Wildman–Crippen LogP) is -0.397. The monoisotopic (exact) mass is 264 g/mol. The van der Waals surface area contributed by atoms with E-state index < -0.39 is 0 Å².